The molecule has 1 aromatic heterocycles. The Morgan fingerprint density at radius 2 is 1.85 bits per heavy atom. The molecule has 0 saturated heterocycles. The highest BCUT2D eigenvalue weighted by molar-refractivity contribution is 7.98. The van der Waals surface area contributed by atoms with E-state index in [0.29, 0.717) is 12.1 Å². The standard InChI is InChI=1S/C14H25N3O2S/c1-16-11-12(13(18)17(2)14(16)19)10-15-8-6-4-5-7-9-20-3/h11,15H,4-10H2,1-3H3. The van der Waals surface area contributed by atoms with Crippen LogP contribution in [0.1, 0.15) is 31.2 Å². The van der Waals surface area contributed by atoms with Crippen LogP contribution in [0.2, 0.25) is 0 Å². The Kier molecular flexibility index (Phi) is 7.69. The van der Waals surface area contributed by atoms with Crippen LogP contribution in [0.3, 0.4) is 0 Å². The van der Waals surface area contributed by atoms with Crippen molar-refractivity contribution < 1.29 is 0 Å². The Bertz CT molecular complexity index is 522. The van der Waals surface area contributed by atoms with Crippen molar-refractivity contribution in [2.24, 2.45) is 14.1 Å². The second-order valence-electron chi connectivity index (χ2n) is 5.00. The molecule has 0 aliphatic heterocycles. The van der Waals surface area contributed by atoms with Crippen LogP contribution >= 0.6 is 11.8 Å². The molecule has 0 aromatic carbocycles. The summed E-state index contributed by atoms with van der Waals surface area (Å²) in [5, 5.41) is 3.27. The monoisotopic (exact) mass is 299 g/mol. The molecule has 0 aliphatic rings. The largest absolute Gasteiger partial charge is 0.330 e. The van der Waals surface area contributed by atoms with Crippen molar-refractivity contribution in [3.05, 3.63) is 32.6 Å². The average molecular weight is 299 g/mol. The Labute approximate surface area is 124 Å². The molecule has 1 heterocycles. The number of nitrogens with one attached hydrogen (secondary N) is 1. The summed E-state index contributed by atoms with van der Waals surface area (Å²) in [6.45, 7) is 1.43. The van der Waals surface area contributed by atoms with Gasteiger partial charge in [-0.3, -0.25) is 9.36 Å². The van der Waals surface area contributed by atoms with E-state index < -0.39 is 0 Å². The third-order valence-electron chi connectivity index (χ3n) is 3.28. The third kappa shape index (κ3) is 5.17. The van der Waals surface area contributed by atoms with Gasteiger partial charge in [0.25, 0.3) is 5.56 Å². The van der Waals surface area contributed by atoms with E-state index in [1.54, 1.807) is 13.2 Å². The van der Waals surface area contributed by atoms with Gasteiger partial charge in [0.1, 0.15) is 0 Å². The van der Waals surface area contributed by atoms with Crippen LogP contribution in [0.15, 0.2) is 15.8 Å². The quantitative estimate of drug-likeness (QED) is 0.694. The fourth-order valence-electron chi connectivity index (χ4n) is 2.08. The second-order valence-corrected chi connectivity index (χ2v) is 5.98. The topological polar surface area (TPSA) is 56.0 Å². The summed E-state index contributed by atoms with van der Waals surface area (Å²) in [7, 11) is 3.18. The first-order valence-electron chi connectivity index (χ1n) is 7.03. The smallest absolute Gasteiger partial charge is 0.312 e. The molecule has 20 heavy (non-hydrogen) atoms. The van der Waals surface area contributed by atoms with Gasteiger partial charge in [0.2, 0.25) is 0 Å². The summed E-state index contributed by atoms with van der Waals surface area (Å²) in [4.78, 5) is 23.4. The second kappa shape index (κ2) is 9.02. The van der Waals surface area contributed by atoms with E-state index >= 15 is 0 Å². The first-order valence-corrected chi connectivity index (χ1v) is 8.42. The lowest BCUT2D eigenvalue weighted by molar-refractivity contribution is 0.585. The molecule has 5 nitrogen and oxygen atoms in total. The summed E-state index contributed by atoms with van der Waals surface area (Å²) in [5.74, 6) is 1.24. The molecule has 114 valence electrons. The van der Waals surface area contributed by atoms with E-state index in [1.807, 2.05) is 11.8 Å². The molecular formula is C14H25N3O2S. The normalized spacial score (nSPS) is 10.9. The van der Waals surface area contributed by atoms with Crippen molar-refractivity contribution in [2.75, 3.05) is 18.6 Å². The maximum Gasteiger partial charge on any atom is 0.330 e. The van der Waals surface area contributed by atoms with Crippen LogP contribution < -0.4 is 16.6 Å². The number of aryl methyl sites for hydroxylation is 1. The van der Waals surface area contributed by atoms with E-state index in [9.17, 15) is 9.59 Å². The number of aromatic nitrogens is 2. The molecule has 1 N–H and O–H groups in total. The maximum atomic E-state index is 11.9. The van der Waals surface area contributed by atoms with Gasteiger partial charge in [0.15, 0.2) is 0 Å². The molecule has 0 saturated carbocycles. The molecule has 0 unspecified atom stereocenters. The van der Waals surface area contributed by atoms with E-state index in [2.05, 4.69) is 11.6 Å². The lowest BCUT2D eigenvalue weighted by Gasteiger charge is -2.08. The summed E-state index contributed by atoms with van der Waals surface area (Å²) in [6.07, 6.45) is 8.65. The van der Waals surface area contributed by atoms with Gasteiger partial charge in [-0.25, -0.2) is 4.79 Å². The predicted molar refractivity (Wildman–Crippen MR) is 85.5 cm³/mol. The molecule has 0 aliphatic carbocycles. The molecule has 0 fully saturated rings. The van der Waals surface area contributed by atoms with Gasteiger partial charge in [0.05, 0.1) is 0 Å². The van der Waals surface area contributed by atoms with E-state index in [0.717, 1.165) is 17.5 Å². The van der Waals surface area contributed by atoms with Gasteiger partial charge >= 0.3 is 5.69 Å². The van der Waals surface area contributed by atoms with Crippen molar-refractivity contribution in [3.63, 3.8) is 0 Å². The van der Waals surface area contributed by atoms with Gasteiger partial charge in [-0.05, 0) is 31.4 Å². The average Bonchev–Trinajstić information content (AvgIpc) is 2.44. The Hall–Kier alpha value is -1.01. The van der Waals surface area contributed by atoms with Gasteiger partial charge < -0.3 is 9.88 Å². The van der Waals surface area contributed by atoms with Crippen molar-refractivity contribution in [1.82, 2.24) is 14.5 Å². The molecule has 1 aromatic rings. The van der Waals surface area contributed by atoms with Crippen LogP contribution in [0.4, 0.5) is 0 Å². The van der Waals surface area contributed by atoms with Crippen molar-refractivity contribution >= 4 is 11.8 Å². The molecule has 1 rings (SSSR count). The number of rotatable bonds is 9. The minimum atomic E-state index is -0.285. The van der Waals surface area contributed by atoms with Gasteiger partial charge in [-0.15, -0.1) is 0 Å². The Morgan fingerprint density at radius 3 is 2.55 bits per heavy atom. The number of hydrogen-bond donors (Lipinski definition) is 1. The summed E-state index contributed by atoms with van der Waals surface area (Å²) >= 11 is 1.89. The lowest BCUT2D eigenvalue weighted by Crippen LogP contribution is -2.39. The van der Waals surface area contributed by atoms with Crippen molar-refractivity contribution in [1.29, 1.82) is 0 Å². The Morgan fingerprint density at radius 1 is 1.15 bits per heavy atom. The predicted octanol–water partition coefficient (Wildman–Crippen LogP) is 1.10. The zero-order valence-electron chi connectivity index (χ0n) is 12.6. The highest BCUT2D eigenvalue weighted by atomic mass is 32.2. The fourth-order valence-corrected chi connectivity index (χ4v) is 2.57. The molecular weight excluding hydrogens is 274 g/mol. The molecule has 0 bridgehead atoms. The number of thioether (sulfide) groups is 1. The van der Waals surface area contributed by atoms with Gasteiger partial charge in [0, 0.05) is 32.4 Å². The first-order chi connectivity index (χ1) is 9.57. The van der Waals surface area contributed by atoms with Crippen molar-refractivity contribution in [2.45, 2.75) is 32.2 Å². The van der Waals surface area contributed by atoms with Crippen LogP contribution in [0.5, 0.6) is 0 Å². The highest BCUT2D eigenvalue weighted by Gasteiger charge is 2.05. The minimum Gasteiger partial charge on any atom is -0.312 e. The molecule has 0 spiro atoms. The van der Waals surface area contributed by atoms with Crippen LogP contribution in [0.25, 0.3) is 0 Å². The maximum absolute atomic E-state index is 11.9. The van der Waals surface area contributed by atoms with E-state index in [4.69, 9.17) is 0 Å². The zero-order valence-corrected chi connectivity index (χ0v) is 13.5. The Balaban J connectivity index is 2.33. The molecule has 0 atom stereocenters. The number of nitrogens with zero attached hydrogens (tertiary/aromatic N) is 2. The number of unbranched alkanes of at least 4 members (excludes halogenated alkanes) is 3. The van der Waals surface area contributed by atoms with Crippen LogP contribution in [-0.2, 0) is 20.6 Å². The van der Waals surface area contributed by atoms with E-state index in [-0.39, 0.29) is 11.2 Å². The molecule has 0 radical (unpaired) electrons. The minimum absolute atomic E-state index is 0.208. The fraction of sp³-hybridized carbons (Fsp3) is 0.714. The SMILES string of the molecule is CSCCCCCCNCc1cn(C)c(=O)n(C)c1=O. The molecule has 6 heteroatoms. The first kappa shape index (κ1) is 17.0. The lowest BCUT2D eigenvalue weighted by atomic mass is 10.2. The zero-order chi connectivity index (χ0) is 15.0. The number of hydrogen-bond acceptors (Lipinski definition) is 4. The van der Waals surface area contributed by atoms with Crippen LogP contribution in [-0.4, -0.2) is 27.7 Å². The van der Waals surface area contributed by atoms with Crippen LogP contribution in [0, 0.1) is 0 Å². The molecule has 0 amide bonds. The van der Waals surface area contributed by atoms with Gasteiger partial charge in [-0.1, -0.05) is 12.8 Å². The van der Waals surface area contributed by atoms with Gasteiger partial charge in [-0.2, -0.15) is 11.8 Å². The summed E-state index contributed by atoms with van der Waals surface area (Å²) in [5.41, 5.74) is 0.144. The third-order valence-corrected chi connectivity index (χ3v) is 3.98. The van der Waals surface area contributed by atoms with E-state index in [1.165, 1.54) is 36.6 Å². The van der Waals surface area contributed by atoms with Crippen molar-refractivity contribution in [3.8, 4) is 0 Å². The summed E-state index contributed by atoms with van der Waals surface area (Å²) < 4.78 is 2.60. The highest BCUT2D eigenvalue weighted by Crippen LogP contribution is 2.03. The summed E-state index contributed by atoms with van der Waals surface area (Å²) in [6, 6.07) is 0.